The van der Waals surface area contributed by atoms with Crippen LogP contribution in [0, 0.1) is 0 Å². The zero-order valence-corrected chi connectivity index (χ0v) is 11.6. The Morgan fingerprint density at radius 3 is 2.32 bits per heavy atom. The molecule has 0 spiro atoms. The second kappa shape index (κ2) is 6.84. The molecule has 19 heavy (non-hydrogen) atoms. The summed E-state index contributed by atoms with van der Waals surface area (Å²) in [4.78, 5) is 12.1. The Bertz CT molecular complexity index is 415. The van der Waals surface area contributed by atoms with E-state index in [9.17, 15) is 18.0 Å². The van der Waals surface area contributed by atoms with E-state index in [0.717, 1.165) is 4.90 Å². The van der Waals surface area contributed by atoms with Gasteiger partial charge in [0.15, 0.2) is 0 Å². The minimum absolute atomic E-state index is 0.0168. The van der Waals surface area contributed by atoms with Crippen molar-refractivity contribution in [3.8, 4) is 0 Å². The molecule has 106 valence electrons. The highest BCUT2D eigenvalue weighted by Gasteiger charge is 2.27. The number of thioether (sulfide) groups is 1. The Balaban J connectivity index is 2.38. The van der Waals surface area contributed by atoms with Crippen molar-refractivity contribution in [3.63, 3.8) is 0 Å². The van der Waals surface area contributed by atoms with Gasteiger partial charge in [-0.25, -0.2) is 0 Å². The molecule has 0 saturated carbocycles. The molecule has 0 atom stereocenters. The van der Waals surface area contributed by atoms with E-state index in [1.54, 1.807) is 0 Å². The largest absolute Gasteiger partial charge is 0.405 e. The van der Waals surface area contributed by atoms with Crippen LogP contribution in [0.3, 0.4) is 0 Å². The number of hydrogen-bond donors (Lipinski definition) is 1. The van der Waals surface area contributed by atoms with Gasteiger partial charge in [-0.1, -0.05) is 26.0 Å². The maximum absolute atomic E-state index is 11.9. The molecule has 0 aromatic heterocycles. The van der Waals surface area contributed by atoms with Crippen molar-refractivity contribution in [2.75, 3.05) is 12.3 Å². The highest BCUT2D eigenvalue weighted by atomic mass is 32.2. The molecule has 0 radical (unpaired) electrons. The van der Waals surface area contributed by atoms with E-state index >= 15 is 0 Å². The predicted molar refractivity (Wildman–Crippen MR) is 70.3 cm³/mol. The molecule has 0 fully saturated rings. The average Bonchev–Trinajstić information content (AvgIpc) is 2.33. The highest BCUT2D eigenvalue weighted by Crippen LogP contribution is 2.21. The molecule has 1 aromatic carbocycles. The predicted octanol–water partition coefficient (Wildman–Crippen LogP) is 3.58. The van der Waals surface area contributed by atoms with Gasteiger partial charge in [-0.05, 0) is 23.6 Å². The van der Waals surface area contributed by atoms with Crippen LogP contribution in [0.15, 0.2) is 29.2 Å². The van der Waals surface area contributed by atoms with Crippen molar-refractivity contribution in [1.29, 1.82) is 0 Å². The van der Waals surface area contributed by atoms with Crippen molar-refractivity contribution >= 4 is 17.7 Å². The van der Waals surface area contributed by atoms with Crippen LogP contribution in [0.5, 0.6) is 0 Å². The quantitative estimate of drug-likeness (QED) is 0.840. The summed E-state index contributed by atoms with van der Waals surface area (Å²) in [5.41, 5.74) is 1.19. The zero-order valence-electron chi connectivity index (χ0n) is 10.8. The van der Waals surface area contributed by atoms with E-state index in [-0.39, 0.29) is 5.75 Å². The van der Waals surface area contributed by atoms with Crippen LogP contribution in [0.1, 0.15) is 25.3 Å². The van der Waals surface area contributed by atoms with Gasteiger partial charge in [0, 0.05) is 4.90 Å². The average molecular weight is 291 g/mol. The van der Waals surface area contributed by atoms with Crippen molar-refractivity contribution in [1.82, 2.24) is 5.32 Å². The fourth-order valence-corrected chi connectivity index (χ4v) is 2.08. The second-order valence-corrected chi connectivity index (χ2v) is 5.45. The summed E-state index contributed by atoms with van der Waals surface area (Å²) in [7, 11) is 0. The molecule has 2 nitrogen and oxygen atoms in total. The number of carbonyl (C=O) groups is 1. The number of amides is 1. The summed E-state index contributed by atoms with van der Waals surface area (Å²) >= 11 is 1.22. The van der Waals surface area contributed by atoms with E-state index < -0.39 is 18.6 Å². The summed E-state index contributed by atoms with van der Waals surface area (Å²) in [6, 6.07) is 7.66. The van der Waals surface area contributed by atoms with Crippen molar-refractivity contribution < 1.29 is 18.0 Å². The fraction of sp³-hybridized carbons (Fsp3) is 0.462. The first-order valence-corrected chi connectivity index (χ1v) is 6.82. The van der Waals surface area contributed by atoms with E-state index in [1.807, 2.05) is 29.6 Å². The van der Waals surface area contributed by atoms with Gasteiger partial charge in [0.2, 0.25) is 5.91 Å². The van der Waals surface area contributed by atoms with Gasteiger partial charge >= 0.3 is 6.18 Å². The minimum atomic E-state index is -4.36. The van der Waals surface area contributed by atoms with Gasteiger partial charge in [-0.2, -0.15) is 13.2 Å². The molecule has 0 aliphatic rings. The molecule has 0 heterocycles. The molecule has 1 aromatic rings. The van der Waals surface area contributed by atoms with Gasteiger partial charge in [-0.15, -0.1) is 11.8 Å². The number of alkyl halides is 3. The Kier molecular flexibility index (Phi) is 5.72. The number of rotatable bonds is 5. The topological polar surface area (TPSA) is 29.1 Å². The van der Waals surface area contributed by atoms with Crippen molar-refractivity contribution in [2.45, 2.75) is 30.8 Å². The molecule has 0 aliphatic carbocycles. The van der Waals surface area contributed by atoms with E-state index in [4.69, 9.17) is 0 Å². The number of halogens is 3. The number of nitrogens with one attached hydrogen (secondary N) is 1. The van der Waals surface area contributed by atoms with Crippen LogP contribution in [0.2, 0.25) is 0 Å². The van der Waals surface area contributed by atoms with Gasteiger partial charge in [0.05, 0.1) is 5.75 Å². The van der Waals surface area contributed by atoms with Crippen LogP contribution < -0.4 is 5.32 Å². The second-order valence-electron chi connectivity index (χ2n) is 4.40. The molecule has 0 saturated heterocycles. The SMILES string of the molecule is CC(C)c1ccc(SCC(=O)NCC(F)(F)F)cc1. The summed E-state index contributed by atoms with van der Waals surface area (Å²) in [6.45, 7) is 2.87. The number of benzene rings is 1. The summed E-state index contributed by atoms with van der Waals surface area (Å²) in [5, 5.41) is 1.84. The lowest BCUT2D eigenvalue weighted by atomic mass is 10.0. The fourth-order valence-electron chi connectivity index (χ4n) is 1.35. The van der Waals surface area contributed by atoms with Gasteiger partial charge in [-0.3, -0.25) is 4.79 Å². The van der Waals surface area contributed by atoms with Crippen molar-refractivity contribution in [2.24, 2.45) is 0 Å². The maximum atomic E-state index is 11.9. The molecule has 0 bridgehead atoms. The Labute approximate surface area is 114 Å². The zero-order chi connectivity index (χ0) is 14.5. The first-order chi connectivity index (χ1) is 8.78. The molecule has 0 aliphatic heterocycles. The van der Waals surface area contributed by atoms with Crippen LogP contribution in [-0.4, -0.2) is 24.4 Å². The lowest BCUT2D eigenvalue weighted by Gasteiger charge is -2.09. The Morgan fingerprint density at radius 2 is 1.84 bits per heavy atom. The molecular weight excluding hydrogens is 275 g/mol. The molecule has 1 N–H and O–H groups in total. The third kappa shape index (κ3) is 6.52. The molecule has 1 rings (SSSR count). The van der Waals surface area contributed by atoms with Crippen molar-refractivity contribution in [3.05, 3.63) is 29.8 Å². The molecule has 6 heteroatoms. The molecule has 1 amide bonds. The minimum Gasteiger partial charge on any atom is -0.346 e. The maximum Gasteiger partial charge on any atom is 0.405 e. The van der Waals surface area contributed by atoms with Gasteiger partial charge in [0.25, 0.3) is 0 Å². The molecular formula is C13H16F3NOS. The summed E-state index contributed by atoms with van der Waals surface area (Å²) in [5.74, 6) is -0.207. The third-order valence-electron chi connectivity index (χ3n) is 2.40. The summed E-state index contributed by atoms with van der Waals surface area (Å²) < 4.78 is 35.6. The van der Waals surface area contributed by atoms with E-state index in [1.165, 1.54) is 17.3 Å². The van der Waals surface area contributed by atoms with Crippen LogP contribution in [-0.2, 0) is 4.79 Å². The lowest BCUT2D eigenvalue weighted by Crippen LogP contribution is -2.34. The first-order valence-electron chi connectivity index (χ1n) is 5.84. The normalized spacial score (nSPS) is 11.7. The Morgan fingerprint density at radius 1 is 1.26 bits per heavy atom. The monoisotopic (exact) mass is 291 g/mol. The lowest BCUT2D eigenvalue weighted by molar-refractivity contribution is -0.136. The van der Waals surface area contributed by atoms with Gasteiger partial charge < -0.3 is 5.32 Å². The van der Waals surface area contributed by atoms with Crippen LogP contribution in [0.4, 0.5) is 13.2 Å². The van der Waals surface area contributed by atoms with E-state index in [0.29, 0.717) is 5.92 Å². The molecule has 0 unspecified atom stereocenters. The third-order valence-corrected chi connectivity index (χ3v) is 3.41. The Hall–Kier alpha value is -1.17. The van der Waals surface area contributed by atoms with E-state index in [2.05, 4.69) is 13.8 Å². The standard InChI is InChI=1S/C13H16F3NOS/c1-9(2)10-3-5-11(6-4-10)19-7-12(18)17-8-13(14,15)16/h3-6,9H,7-8H2,1-2H3,(H,17,18). The van der Waals surface area contributed by atoms with Gasteiger partial charge in [0.1, 0.15) is 6.54 Å². The number of carbonyl (C=O) groups excluding carboxylic acids is 1. The van der Waals surface area contributed by atoms with Crippen LogP contribution in [0.25, 0.3) is 0 Å². The smallest absolute Gasteiger partial charge is 0.346 e. The highest BCUT2D eigenvalue weighted by molar-refractivity contribution is 8.00. The number of hydrogen-bond acceptors (Lipinski definition) is 2. The summed E-state index contributed by atoms with van der Waals surface area (Å²) in [6.07, 6.45) is -4.36. The van der Waals surface area contributed by atoms with Crippen LogP contribution >= 0.6 is 11.8 Å². The first kappa shape index (κ1) is 15.9.